The number of halogens is 4. The summed E-state index contributed by atoms with van der Waals surface area (Å²) >= 11 is 5.76. The molecule has 0 aliphatic heterocycles. The Morgan fingerprint density at radius 2 is 1.87 bits per heavy atom. The summed E-state index contributed by atoms with van der Waals surface area (Å²) < 4.78 is 46.4. The predicted molar refractivity (Wildman–Crippen MR) is 108 cm³/mol. The lowest BCUT2D eigenvalue weighted by molar-refractivity contribution is -0.274. The lowest BCUT2D eigenvalue weighted by Gasteiger charge is -2.13. The maximum Gasteiger partial charge on any atom is 0.573 e. The number of nitrogens with zero attached hydrogens (tertiary/aromatic N) is 2. The minimum Gasteiger partial charge on any atom is -0.408 e. The normalized spacial score (nSPS) is 11.5. The number of ether oxygens (including phenoxy) is 1. The summed E-state index contributed by atoms with van der Waals surface area (Å²) in [6.07, 6.45) is -3.33. The Balaban J connectivity index is 1.57. The fraction of sp³-hybridized carbons (Fsp3) is 0.105. The first kappa shape index (κ1) is 20.5. The molecule has 2 heterocycles. The van der Waals surface area contributed by atoms with E-state index in [-0.39, 0.29) is 16.7 Å². The molecular formula is C19H13ClF3N5O3. The molecule has 2 aromatic carbocycles. The second kappa shape index (κ2) is 7.84. The number of fused-ring (bicyclic) bond motifs is 1. The first-order valence-corrected chi connectivity index (χ1v) is 9.10. The summed E-state index contributed by atoms with van der Waals surface area (Å²) in [6.45, 7) is 1.78. The SMILES string of the molecule is Cc1cnc(Nc2ccc(Cl)c(OC(F)(F)F)c2)nc1Nc1ccc2oc(=O)[nH]c2c1. The van der Waals surface area contributed by atoms with Crippen molar-refractivity contribution < 1.29 is 22.3 Å². The van der Waals surface area contributed by atoms with E-state index >= 15 is 0 Å². The smallest absolute Gasteiger partial charge is 0.408 e. The van der Waals surface area contributed by atoms with E-state index in [2.05, 4.69) is 30.3 Å². The van der Waals surface area contributed by atoms with Crippen LogP contribution in [-0.2, 0) is 0 Å². The molecule has 0 aliphatic carbocycles. The van der Waals surface area contributed by atoms with Gasteiger partial charge in [-0.3, -0.25) is 4.98 Å². The van der Waals surface area contributed by atoms with Crippen molar-refractivity contribution in [1.82, 2.24) is 15.0 Å². The zero-order chi connectivity index (χ0) is 22.2. The van der Waals surface area contributed by atoms with Crippen molar-refractivity contribution in [3.05, 3.63) is 63.7 Å². The van der Waals surface area contributed by atoms with Crippen LogP contribution in [-0.4, -0.2) is 21.3 Å². The van der Waals surface area contributed by atoms with Crippen molar-refractivity contribution in [3.63, 3.8) is 0 Å². The van der Waals surface area contributed by atoms with Crippen molar-refractivity contribution in [2.75, 3.05) is 10.6 Å². The molecule has 0 saturated heterocycles. The van der Waals surface area contributed by atoms with Crippen LogP contribution in [0.2, 0.25) is 5.02 Å². The van der Waals surface area contributed by atoms with Gasteiger partial charge in [-0.05, 0) is 37.3 Å². The van der Waals surface area contributed by atoms with Crippen LogP contribution < -0.4 is 21.1 Å². The molecular weight excluding hydrogens is 439 g/mol. The zero-order valence-corrected chi connectivity index (χ0v) is 16.4. The average Bonchev–Trinajstić information content (AvgIpc) is 3.05. The van der Waals surface area contributed by atoms with Crippen LogP contribution in [0.3, 0.4) is 0 Å². The highest BCUT2D eigenvalue weighted by Crippen LogP contribution is 2.33. The van der Waals surface area contributed by atoms with Crippen molar-refractivity contribution in [2.45, 2.75) is 13.3 Å². The topological polar surface area (TPSA) is 105 Å². The Morgan fingerprint density at radius 3 is 2.65 bits per heavy atom. The molecule has 0 saturated carbocycles. The number of aromatic amines is 1. The molecule has 12 heteroatoms. The Morgan fingerprint density at radius 1 is 1.13 bits per heavy atom. The number of aromatic nitrogens is 3. The maximum absolute atomic E-state index is 12.5. The third-order valence-corrected chi connectivity index (χ3v) is 4.38. The van der Waals surface area contributed by atoms with Gasteiger partial charge in [-0.25, -0.2) is 9.78 Å². The largest absolute Gasteiger partial charge is 0.573 e. The quantitative estimate of drug-likeness (QED) is 0.380. The molecule has 0 radical (unpaired) electrons. The van der Waals surface area contributed by atoms with Gasteiger partial charge in [0.25, 0.3) is 0 Å². The molecule has 0 spiro atoms. The monoisotopic (exact) mass is 451 g/mol. The summed E-state index contributed by atoms with van der Waals surface area (Å²) in [5.41, 5.74) is 2.51. The first-order valence-electron chi connectivity index (χ1n) is 8.72. The summed E-state index contributed by atoms with van der Waals surface area (Å²) in [6, 6.07) is 8.82. The number of anilines is 4. The molecule has 2 aromatic heterocycles. The number of aryl methyl sites for hydroxylation is 1. The lowest BCUT2D eigenvalue weighted by Crippen LogP contribution is -2.17. The number of rotatable bonds is 5. The van der Waals surface area contributed by atoms with Gasteiger partial charge in [0.05, 0.1) is 10.5 Å². The van der Waals surface area contributed by atoms with E-state index in [1.807, 2.05) is 0 Å². The van der Waals surface area contributed by atoms with Crippen molar-refractivity contribution in [2.24, 2.45) is 0 Å². The van der Waals surface area contributed by atoms with Gasteiger partial charge in [-0.2, -0.15) is 4.98 Å². The maximum atomic E-state index is 12.5. The molecule has 160 valence electrons. The van der Waals surface area contributed by atoms with Gasteiger partial charge in [0.15, 0.2) is 5.58 Å². The minimum absolute atomic E-state index is 0.131. The van der Waals surface area contributed by atoms with E-state index in [0.29, 0.717) is 28.2 Å². The molecule has 0 unspecified atom stereocenters. The third-order valence-electron chi connectivity index (χ3n) is 4.07. The van der Waals surface area contributed by atoms with Gasteiger partial charge in [-0.15, -0.1) is 13.2 Å². The third kappa shape index (κ3) is 4.89. The van der Waals surface area contributed by atoms with Gasteiger partial charge in [0, 0.05) is 29.2 Å². The molecule has 0 atom stereocenters. The second-order valence-electron chi connectivity index (χ2n) is 6.39. The van der Waals surface area contributed by atoms with E-state index in [1.54, 1.807) is 31.3 Å². The molecule has 4 rings (SSSR count). The Bertz CT molecular complexity index is 1320. The molecule has 0 fully saturated rings. The summed E-state index contributed by atoms with van der Waals surface area (Å²) in [5.74, 6) is -0.532. The summed E-state index contributed by atoms with van der Waals surface area (Å²) in [7, 11) is 0. The summed E-state index contributed by atoms with van der Waals surface area (Å²) in [5, 5.41) is 5.72. The number of oxazole rings is 1. The molecule has 31 heavy (non-hydrogen) atoms. The van der Waals surface area contributed by atoms with E-state index < -0.39 is 17.9 Å². The van der Waals surface area contributed by atoms with Gasteiger partial charge in [0.2, 0.25) is 5.95 Å². The van der Waals surface area contributed by atoms with E-state index in [4.69, 9.17) is 16.0 Å². The summed E-state index contributed by atoms with van der Waals surface area (Å²) in [4.78, 5) is 22.3. The highest BCUT2D eigenvalue weighted by molar-refractivity contribution is 6.32. The van der Waals surface area contributed by atoms with Gasteiger partial charge in [-0.1, -0.05) is 11.6 Å². The van der Waals surface area contributed by atoms with E-state index in [1.165, 1.54) is 12.1 Å². The van der Waals surface area contributed by atoms with Crippen molar-refractivity contribution in [1.29, 1.82) is 0 Å². The van der Waals surface area contributed by atoms with Crippen LogP contribution >= 0.6 is 11.6 Å². The highest BCUT2D eigenvalue weighted by atomic mass is 35.5. The van der Waals surface area contributed by atoms with Crippen molar-refractivity contribution >= 4 is 45.8 Å². The highest BCUT2D eigenvalue weighted by Gasteiger charge is 2.32. The average molecular weight is 452 g/mol. The predicted octanol–water partition coefficient (Wildman–Crippen LogP) is 5.26. The molecule has 0 amide bonds. The van der Waals surface area contributed by atoms with Crippen LogP contribution in [0.1, 0.15) is 5.56 Å². The molecule has 0 bridgehead atoms. The Kier molecular flexibility index (Phi) is 5.19. The molecule has 0 aliphatic rings. The van der Waals surface area contributed by atoms with Crippen molar-refractivity contribution in [3.8, 4) is 5.75 Å². The molecule has 3 N–H and O–H groups in total. The van der Waals surface area contributed by atoms with Gasteiger partial charge >= 0.3 is 12.1 Å². The van der Waals surface area contributed by atoms with Gasteiger partial charge in [0.1, 0.15) is 11.6 Å². The fourth-order valence-electron chi connectivity index (χ4n) is 2.71. The van der Waals surface area contributed by atoms with Crippen LogP contribution in [0.4, 0.5) is 36.3 Å². The second-order valence-corrected chi connectivity index (χ2v) is 6.80. The molecule has 8 nitrogen and oxygen atoms in total. The number of hydrogen-bond donors (Lipinski definition) is 3. The minimum atomic E-state index is -4.87. The van der Waals surface area contributed by atoms with E-state index in [0.717, 1.165) is 6.07 Å². The number of nitrogens with one attached hydrogen (secondary N) is 3. The Hall–Kier alpha value is -3.73. The number of hydrogen-bond acceptors (Lipinski definition) is 7. The Labute approximate surface area is 177 Å². The molecule has 4 aromatic rings. The van der Waals surface area contributed by atoms with Crippen LogP contribution in [0.5, 0.6) is 5.75 Å². The first-order chi connectivity index (χ1) is 14.7. The number of alkyl halides is 3. The van der Waals surface area contributed by atoms with Crippen LogP contribution in [0.25, 0.3) is 11.1 Å². The zero-order valence-electron chi connectivity index (χ0n) is 15.7. The van der Waals surface area contributed by atoms with Crippen LogP contribution in [0, 0.1) is 6.92 Å². The van der Waals surface area contributed by atoms with Gasteiger partial charge < -0.3 is 19.8 Å². The fourth-order valence-corrected chi connectivity index (χ4v) is 2.86. The van der Waals surface area contributed by atoms with Crippen LogP contribution in [0.15, 0.2) is 51.8 Å². The van der Waals surface area contributed by atoms with E-state index in [9.17, 15) is 18.0 Å². The standard InChI is InChI=1S/C19H13ClF3N5O3/c1-9-8-24-17(26-11-2-4-12(20)15(7-11)31-19(21,22)23)28-16(9)25-10-3-5-14-13(6-10)27-18(29)30-14/h2-8H,1H3,(H,27,29)(H2,24,25,26,28). The number of H-pyrrole nitrogens is 1. The number of benzene rings is 2. The lowest BCUT2D eigenvalue weighted by atomic mass is 10.2.